The van der Waals surface area contributed by atoms with E-state index in [9.17, 15) is 0 Å². The third-order valence-corrected chi connectivity index (χ3v) is 4.37. The normalized spacial score (nSPS) is 20.8. The first-order valence-corrected chi connectivity index (χ1v) is 7.65. The lowest BCUT2D eigenvalue weighted by molar-refractivity contribution is 0.175. The number of nitriles is 1. The fourth-order valence-electron chi connectivity index (χ4n) is 2.88. The Morgan fingerprint density at radius 1 is 1.30 bits per heavy atom. The lowest BCUT2D eigenvalue weighted by Crippen LogP contribution is -2.37. The van der Waals surface area contributed by atoms with Crippen LogP contribution in [0.3, 0.4) is 0 Å². The van der Waals surface area contributed by atoms with Gasteiger partial charge in [0.15, 0.2) is 0 Å². The average Bonchev–Trinajstić information content (AvgIpc) is 3.31. The first kappa shape index (κ1) is 13.5. The molecule has 1 N–H and O–H groups in total. The zero-order valence-electron chi connectivity index (χ0n) is 11.9. The van der Waals surface area contributed by atoms with E-state index >= 15 is 0 Å². The van der Waals surface area contributed by atoms with Crippen LogP contribution in [0.4, 0.5) is 0 Å². The molecule has 3 rings (SSSR count). The second-order valence-electron chi connectivity index (χ2n) is 6.02. The Labute approximate surface area is 120 Å². The van der Waals surface area contributed by atoms with Gasteiger partial charge in [0.05, 0.1) is 0 Å². The molecule has 1 aromatic rings. The Bertz CT molecular complexity index is 481. The average molecular weight is 270 g/mol. The van der Waals surface area contributed by atoms with Gasteiger partial charge in [0, 0.05) is 24.3 Å². The molecule has 20 heavy (non-hydrogen) atoms. The summed E-state index contributed by atoms with van der Waals surface area (Å²) in [6.45, 7) is 4.32. The fourth-order valence-corrected chi connectivity index (χ4v) is 2.88. The number of aromatic nitrogens is 1. The van der Waals surface area contributed by atoms with Crippen molar-refractivity contribution in [2.75, 3.05) is 19.6 Å². The van der Waals surface area contributed by atoms with E-state index in [0.717, 1.165) is 37.2 Å². The van der Waals surface area contributed by atoms with Crippen molar-refractivity contribution in [1.82, 2.24) is 15.2 Å². The van der Waals surface area contributed by atoms with Crippen molar-refractivity contribution in [1.29, 1.82) is 5.26 Å². The first-order chi connectivity index (χ1) is 9.85. The van der Waals surface area contributed by atoms with Crippen LogP contribution in [0.2, 0.25) is 0 Å². The number of piperidine rings is 1. The largest absolute Gasteiger partial charge is 0.314 e. The van der Waals surface area contributed by atoms with Gasteiger partial charge in [-0.3, -0.25) is 4.90 Å². The molecule has 4 heteroatoms. The van der Waals surface area contributed by atoms with Crippen LogP contribution in [0.25, 0.3) is 0 Å². The quantitative estimate of drug-likeness (QED) is 0.888. The molecule has 4 nitrogen and oxygen atoms in total. The minimum Gasteiger partial charge on any atom is -0.314 e. The lowest BCUT2D eigenvalue weighted by atomic mass is 9.96. The molecular weight excluding hydrogens is 248 g/mol. The monoisotopic (exact) mass is 270 g/mol. The number of rotatable bonds is 5. The lowest BCUT2D eigenvalue weighted by Gasteiger charge is -2.32. The van der Waals surface area contributed by atoms with E-state index in [-0.39, 0.29) is 0 Å². The predicted molar refractivity (Wildman–Crippen MR) is 78.0 cm³/mol. The standard InChI is InChI=1S/C16H22N4/c17-10-16-14(2-1-7-18-16)12-20-8-5-13(6-9-20)11-19-15-3-4-15/h1-2,7,13,15,19H,3-6,8-9,11-12H2. The zero-order valence-corrected chi connectivity index (χ0v) is 11.9. The number of nitrogens with zero attached hydrogens (tertiary/aromatic N) is 3. The third kappa shape index (κ3) is 3.56. The van der Waals surface area contributed by atoms with E-state index in [2.05, 4.69) is 21.3 Å². The summed E-state index contributed by atoms with van der Waals surface area (Å²) in [4.78, 5) is 6.59. The highest BCUT2D eigenvalue weighted by Crippen LogP contribution is 2.22. The Kier molecular flexibility index (Phi) is 4.29. The van der Waals surface area contributed by atoms with Crippen LogP contribution >= 0.6 is 0 Å². The molecule has 2 fully saturated rings. The predicted octanol–water partition coefficient (Wildman–Crippen LogP) is 1.92. The van der Waals surface area contributed by atoms with Crippen molar-refractivity contribution in [2.45, 2.75) is 38.3 Å². The van der Waals surface area contributed by atoms with Gasteiger partial charge in [-0.05, 0) is 57.3 Å². The summed E-state index contributed by atoms with van der Waals surface area (Å²) in [5.41, 5.74) is 1.63. The van der Waals surface area contributed by atoms with Crippen LogP contribution in [0.15, 0.2) is 18.3 Å². The number of hydrogen-bond acceptors (Lipinski definition) is 4. The molecule has 0 unspecified atom stereocenters. The van der Waals surface area contributed by atoms with Crippen LogP contribution in [0, 0.1) is 17.2 Å². The maximum atomic E-state index is 9.08. The first-order valence-electron chi connectivity index (χ1n) is 7.65. The van der Waals surface area contributed by atoms with E-state index in [4.69, 9.17) is 5.26 Å². The molecule has 2 heterocycles. The minimum atomic E-state index is 0.574. The fraction of sp³-hybridized carbons (Fsp3) is 0.625. The highest BCUT2D eigenvalue weighted by atomic mass is 15.1. The summed E-state index contributed by atoms with van der Waals surface area (Å²) in [6, 6.07) is 6.95. The van der Waals surface area contributed by atoms with Gasteiger partial charge in [0.1, 0.15) is 11.8 Å². The third-order valence-electron chi connectivity index (χ3n) is 4.37. The molecule has 0 spiro atoms. The highest BCUT2D eigenvalue weighted by molar-refractivity contribution is 5.30. The maximum Gasteiger partial charge on any atom is 0.144 e. The number of hydrogen-bond donors (Lipinski definition) is 1. The Balaban J connectivity index is 1.47. The Morgan fingerprint density at radius 2 is 2.10 bits per heavy atom. The molecule has 0 aromatic carbocycles. The molecule has 0 amide bonds. The Hall–Kier alpha value is -1.44. The molecule has 0 atom stereocenters. The number of pyridine rings is 1. The van der Waals surface area contributed by atoms with E-state index in [0.29, 0.717) is 5.69 Å². The molecule has 1 saturated carbocycles. The van der Waals surface area contributed by atoms with Crippen LogP contribution in [0.5, 0.6) is 0 Å². The van der Waals surface area contributed by atoms with Gasteiger partial charge in [-0.2, -0.15) is 5.26 Å². The van der Waals surface area contributed by atoms with Crippen molar-refractivity contribution in [3.05, 3.63) is 29.6 Å². The topological polar surface area (TPSA) is 52.0 Å². The summed E-state index contributed by atoms with van der Waals surface area (Å²) in [6.07, 6.45) is 6.97. The molecule has 1 aliphatic carbocycles. The summed E-state index contributed by atoms with van der Waals surface area (Å²) < 4.78 is 0. The summed E-state index contributed by atoms with van der Waals surface area (Å²) in [5.74, 6) is 0.830. The van der Waals surface area contributed by atoms with Crippen molar-refractivity contribution in [3.63, 3.8) is 0 Å². The number of nitrogens with one attached hydrogen (secondary N) is 1. The van der Waals surface area contributed by atoms with Gasteiger partial charge in [0.25, 0.3) is 0 Å². The molecule has 1 saturated heterocycles. The summed E-state index contributed by atoms with van der Waals surface area (Å²) >= 11 is 0. The molecule has 1 aliphatic heterocycles. The summed E-state index contributed by atoms with van der Waals surface area (Å²) in [7, 11) is 0. The van der Waals surface area contributed by atoms with Gasteiger partial charge in [0.2, 0.25) is 0 Å². The highest BCUT2D eigenvalue weighted by Gasteiger charge is 2.24. The van der Waals surface area contributed by atoms with Gasteiger partial charge in [-0.15, -0.1) is 0 Å². The second-order valence-corrected chi connectivity index (χ2v) is 6.02. The smallest absolute Gasteiger partial charge is 0.144 e. The second kappa shape index (κ2) is 6.34. The maximum absolute atomic E-state index is 9.08. The van der Waals surface area contributed by atoms with Crippen molar-refractivity contribution >= 4 is 0 Å². The van der Waals surface area contributed by atoms with Crippen molar-refractivity contribution in [3.8, 4) is 6.07 Å². The van der Waals surface area contributed by atoms with Crippen LogP contribution < -0.4 is 5.32 Å². The van der Waals surface area contributed by atoms with Gasteiger partial charge >= 0.3 is 0 Å². The minimum absolute atomic E-state index is 0.574. The van der Waals surface area contributed by atoms with E-state index in [1.54, 1.807) is 6.20 Å². The van der Waals surface area contributed by atoms with E-state index in [1.165, 1.54) is 32.2 Å². The number of likely N-dealkylation sites (tertiary alicyclic amines) is 1. The summed E-state index contributed by atoms with van der Waals surface area (Å²) in [5, 5.41) is 12.7. The van der Waals surface area contributed by atoms with Gasteiger partial charge < -0.3 is 5.32 Å². The van der Waals surface area contributed by atoms with Crippen LogP contribution in [-0.2, 0) is 6.54 Å². The molecule has 106 valence electrons. The van der Waals surface area contributed by atoms with Crippen molar-refractivity contribution in [2.24, 2.45) is 5.92 Å². The van der Waals surface area contributed by atoms with Crippen LogP contribution in [-0.4, -0.2) is 35.6 Å². The van der Waals surface area contributed by atoms with Crippen LogP contribution in [0.1, 0.15) is 36.9 Å². The molecule has 0 radical (unpaired) electrons. The zero-order chi connectivity index (χ0) is 13.8. The Morgan fingerprint density at radius 3 is 2.80 bits per heavy atom. The van der Waals surface area contributed by atoms with E-state index < -0.39 is 0 Å². The molecule has 2 aliphatic rings. The molecular formula is C16H22N4. The van der Waals surface area contributed by atoms with E-state index in [1.807, 2.05) is 12.1 Å². The SMILES string of the molecule is N#Cc1ncccc1CN1CCC(CNC2CC2)CC1. The van der Waals surface area contributed by atoms with Crippen molar-refractivity contribution < 1.29 is 0 Å². The van der Waals surface area contributed by atoms with Gasteiger partial charge in [-0.25, -0.2) is 4.98 Å². The molecule has 0 bridgehead atoms. The molecule has 1 aromatic heterocycles. The van der Waals surface area contributed by atoms with Gasteiger partial charge in [-0.1, -0.05) is 6.07 Å².